The summed E-state index contributed by atoms with van der Waals surface area (Å²) in [5.74, 6) is 0.806. The Bertz CT molecular complexity index is 295. The summed E-state index contributed by atoms with van der Waals surface area (Å²) in [6.45, 7) is 8.25. The molecule has 0 aromatic rings. The first-order chi connectivity index (χ1) is 7.94. The zero-order valence-corrected chi connectivity index (χ0v) is 11.3. The predicted molar refractivity (Wildman–Crippen MR) is 67.9 cm³/mol. The lowest BCUT2D eigenvalue weighted by Crippen LogP contribution is -2.46. The lowest BCUT2D eigenvalue weighted by molar-refractivity contribution is -0.147. The topological polar surface area (TPSA) is 40.5 Å². The fourth-order valence-corrected chi connectivity index (χ4v) is 3.81. The zero-order valence-electron chi connectivity index (χ0n) is 11.3. The number of carbonyl (C=O) groups is 1. The average molecular weight is 239 g/mol. The molecule has 1 saturated heterocycles. The standard InChI is InChI=1S/C14H25NO2/c1-10-5-4-6-11(2)12(10)15-8-7-14(3,9-15)13(16)17/h10-12H,4-9H2,1-3H3,(H,16,17). The maximum Gasteiger partial charge on any atom is 0.310 e. The van der Waals surface area contributed by atoms with E-state index in [1.54, 1.807) is 0 Å². The van der Waals surface area contributed by atoms with Crippen LogP contribution in [0.3, 0.4) is 0 Å². The average Bonchev–Trinajstić information content (AvgIpc) is 2.62. The molecular weight excluding hydrogens is 214 g/mol. The van der Waals surface area contributed by atoms with Crippen molar-refractivity contribution >= 4 is 5.97 Å². The van der Waals surface area contributed by atoms with Gasteiger partial charge in [0.1, 0.15) is 0 Å². The van der Waals surface area contributed by atoms with E-state index in [2.05, 4.69) is 18.7 Å². The van der Waals surface area contributed by atoms with Gasteiger partial charge in [0, 0.05) is 12.6 Å². The molecule has 1 N–H and O–H groups in total. The molecule has 3 nitrogen and oxygen atoms in total. The quantitative estimate of drug-likeness (QED) is 0.805. The van der Waals surface area contributed by atoms with Crippen LogP contribution < -0.4 is 0 Å². The van der Waals surface area contributed by atoms with Gasteiger partial charge in [-0.05, 0) is 44.6 Å². The SMILES string of the molecule is CC1CCCC(C)C1N1CCC(C)(C(=O)O)C1. The van der Waals surface area contributed by atoms with E-state index >= 15 is 0 Å². The summed E-state index contributed by atoms with van der Waals surface area (Å²) in [4.78, 5) is 13.7. The summed E-state index contributed by atoms with van der Waals surface area (Å²) in [7, 11) is 0. The van der Waals surface area contributed by atoms with Gasteiger partial charge < -0.3 is 5.11 Å². The predicted octanol–water partition coefficient (Wildman–Crippen LogP) is 2.61. The molecule has 0 amide bonds. The van der Waals surface area contributed by atoms with E-state index in [0.717, 1.165) is 31.3 Å². The van der Waals surface area contributed by atoms with Crippen molar-refractivity contribution in [2.45, 2.75) is 52.5 Å². The second-order valence-corrected chi connectivity index (χ2v) is 6.46. The lowest BCUT2D eigenvalue weighted by Gasteiger charge is -2.41. The molecule has 0 aromatic heterocycles. The van der Waals surface area contributed by atoms with Gasteiger partial charge in [-0.3, -0.25) is 9.69 Å². The van der Waals surface area contributed by atoms with Gasteiger partial charge >= 0.3 is 5.97 Å². The van der Waals surface area contributed by atoms with E-state index in [-0.39, 0.29) is 0 Å². The Labute approximate surface area is 104 Å². The second-order valence-electron chi connectivity index (χ2n) is 6.46. The van der Waals surface area contributed by atoms with E-state index in [1.807, 2.05) is 6.92 Å². The third-order valence-electron chi connectivity index (χ3n) is 4.93. The highest BCUT2D eigenvalue weighted by Crippen LogP contribution is 2.39. The molecule has 1 aliphatic heterocycles. The molecule has 1 saturated carbocycles. The van der Waals surface area contributed by atoms with Crippen LogP contribution in [0.5, 0.6) is 0 Å². The Kier molecular flexibility index (Phi) is 3.48. The molecule has 0 spiro atoms. The van der Waals surface area contributed by atoms with Crippen molar-refractivity contribution in [1.29, 1.82) is 0 Å². The first kappa shape index (κ1) is 12.9. The van der Waals surface area contributed by atoms with Crippen molar-refractivity contribution in [2.24, 2.45) is 17.3 Å². The molecule has 2 aliphatic rings. The van der Waals surface area contributed by atoms with Crippen molar-refractivity contribution in [1.82, 2.24) is 4.90 Å². The van der Waals surface area contributed by atoms with Crippen LogP contribution in [-0.2, 0) is 4.79 Å². The largest absolute Gasteiger partial charge is 0.481 e. The van der Waals surface area contributed by atoms with Gasteiger partial charge in [-0.1, -0.05) is 20.3 Å². The minimum atomic E-state index is -0.629. The van der Waals surface area contributed by atoms with Crippen molar-refractivity contribution < 1.29 is 9.90 Å². The van der Waals surface area contributed by atoms with Crippen molar-refractivity contribution in [3.63, 3.8) is 0 Å². The second kappa shape index (κ2) is 4.60. The van der Waals surface area contributed by atoms with E-state index in [9.17, 15) is 9.90 Å². The monoisotopic (exact) mass is 239 g/mol. The van der Waals surface area contributed by atoms with Crippen LogP contribution in [0.15, 0.2) is 0 Å². The molecule has 0 radical (unpaired) electrons. The van der Waals surface area contributed by atoms with Gasteiger partial charge in [0.2, 0.25) is 0 Å². The fourth-order valence-electron chi connectivity index (χ4n) is 3.81. The van der Waals surface area contributed by atoms with E-state index in [0.29, 0.717) is 6.04 Å². The summed E-state index contributed by atoms with van der Waals surface area (Å²) in [6, 6.07) is 0.602. The normalized spacial score (nSPS) is 43.8. The van der Waals surface area contributed by atoms with Gasteiger partial charge in [0.15, 0.2) is 0 Å². The lowest BCUT2D eigenvalue weighted by atomic mass is 9.78. The minimum absolute atomic E-state index is 0.517. The van der Waals surface area contributed by atoms with Gasteiger partial charge in [0.25, 0.3) is 0 Å². The summed E-state index contributed by atoms with van der Waals surface area (Å²) in [5, 5.41) is 9.29. The molecule has 2 rings (SSSR count). The van der Waals surface area contributed by atoms with Crippen LogP contribution in [0.4, 0.5) is 0 Å². The Morgan fingerprint density at radius 3 is 2.35 bits per heavy atom. The molecule has 0 aromatic carbocycles. The molecule has 3 atom stereocenters. The molecule has 1 heterocycles. The molecule has 1 aliphatic carbocycles. The summed E-state index contributed by atoms with van der Waals surface area (Å²) >= 11 is 0. The number of aliphatic carboxylic acids is 1. The highest BCUT2D eigenvalue weighted by molar-refractivity contribution is 5.74. The summed E-state index contributed by atoms with van der Waals surface area (Å²) in [5.41, 5.74) is -0.517. The Morgan fingerprint density at radius 2 is 1.88 bits per heavy atom. The van der Waals surface area contributed by atoms with Gasteiger partial charge in [-0.2, -0.15) is 0 Å². The highest BCUT2D eigenvalue weighted by Gasteiger charge is 2.45. The van der Waals surface area contributed by atoms with Crippen LogP contribution in [0, 0.1) is 17.3 Å². The Balaban J connectivity index is 2.06. The summed E-state index contributed by atoms with van der Waals surface area (Å²) < 4.78 is 0. The highest BCUT2D eigenvalue weighted by atomic mass is 16.4. The maximum absolute atomic E-state index is 11.3. The number of hydrogen-bond acceptors (Lipinski definition) is 2. The molecule has 0 bridgehead atoms. The Morgan fingerprint density at radius 1 is 1.29 bits per heavy atom. The number of rotatable bonds is 2. The third kappa shape index (κ3) is 2.35. The van der Waals surface area contributed by atoms with Crippen molar-refractivity contribution in [2.75, 3.05) is 13.1 Å². The van der Waals surface area contributed by atoms with Crippen LogP contribution in [0.2, 0.25) is 0 Å². The van der Waals surface area contributed by atoms with Crippen molar-refractivity contribution in [3.05, 3.63) is 0 Å². The molecule has 98 valence electrons. The first-order valence-corrected chi connectivity index (χ1v) is 6.91. The van der Waals surface area contributed by atoms with Gasteiger partial charge in [-0.25, -0.2) is 0 Å². The van der Waals surface area contributed by atoms with Crippen LogP contribution in [0.25, 0.3) is 0 Å². The van der Waals surface area contributed by atoms with Gasteiger partial charge in [-0.15, -0.1) is 0 Å². The number of carboxylic acid groups (broad SMARTS) is 1. The zero-order chi connectivity index (χ0) is 12.6. The molecule has 2 fully saturated rings. The third-order valence-corrected chi connectivity index (χ3v) is 4.93. The van der Waals surface area contributed by atoms with Gasteiger partial charge in [0.05, 0.1) is 5.41 Å². The maximum atomic E-state index is 11.3. The Hall–Kier alpha value is -0.570. The first-order valence-electron chi connectivity index (χ1n) is 6.91. The number of carboxylic acids is 1. The van der Waals surface area contributed by atoms with E-state index in [1.165, 1.54) is 19.3 Å². The van der Waals surface area contributed by atoms with Crippen LogP contribution in [0.1, 0.15) is 46.5 Å². The van der Waals surface area contributed by atoms with Crippen LogP contribution in [-0.4, -0.2) is 35.1 Å². The molecule has 17 heavy (non-hydrogen) atoms. The van der Waals surface area contributed by atoms with E-state index < -0.39 is 11.4 Å². The summed E-state index contributed by atoms with van der Waals surface area (Å²) in [6.07, 6.45) is 4.74. The molecular formula is C14H25NO2. The van der Waals surface area contributed by atoms with Crippen LogP contribution >= 0.6 is 0 Å². The minimum Gasteiger partial charge on any atom is -0.481 e. The van der Waals surface area contributed by atoms with E-state index in [4.69, 9.17) is 0 Å². The number of hydrogen-bond donors (Lipinski definition) is 1. The molecule has 3 unspecified atom stereocenters. The smallest absolute Gasteiger partial charge is 0.310 e. The number of nitrogens with zero attached hydrogens (tertiary/aromatic N) is 1. The van der Waals surface area contributed by atoms with Crippen molar-refractivity contribution in [3.8, 4) is 0 Å². The molecule has 3 heteroatoms. The number of likely N-dealkylation sites (tertiary alicyclic amines) is 1. The fraction of sp³-hybridized carbons (Fsp3) is 0.929.